The Morgan fingerprint density at radius 1 is 1.45 bits per heavy atom. The summed E-state index contributed by atoms with van der Waals surface area (Å²) in [7, 11) is 0. The first-order chi connectivity index (χ1) is 9.52. The molecule has 1 aromatic heterocycles. The smallest absolute Gasteiger partial charge is 0.361 e. The monoisotopic (exact) mass is 281 g/mol. The first kappa shape index (κ1) is 14.0. The van der Waals surface area contributed by atoms with E-state index in [1.807, 2.05) is 0 Å². The van der Waals surface area contributed by atoms with E-state index in [4.69, 9.17) is 10.5 Å². The predicted molar refractivity (Wildman–Crippen MR) is 68.1 cm³/mol. The molecule has 2 aromatic rings. The lowest BCUT2D eigenvalue weighted by molar-refractivity contribution is 0.0519. The number of anilines is 1. The van der Waals surface area contributed by atoms with Crippen LogP contribution in [-0.4, -0.2) is 22.4 Å². The molecule has 0 saturated carbocycles. The van der Waals surface area contributed by atoms with Crippen molar-refractivity contribution in [2.75, 3.05) is 12.3 Å². The molecule has 2 N–H and O–H groups in total. The van der Waals surface area contributed by atoms with Crippen LogP contribution in [0.1, 0.15) is 23.0 Å². The lowest BCUT2D eigenvalue weighted by Gasteiger charge is -2.04. The molecule has 0 aliphatic carbocycles. The molecule has 2 rings (SSSR count). The van der Waals surface area contributed by atoms with Gasteiger partial charge in [-0.1, -0.05) is 12.1 Å². The standard InChI is InChI=1S/C13H13F2N3O2/c1-2-20-13(19)12-10(16)7-18(17-12)6-8-4-3-5-9(14)11(8)15/h3-5,7H,2,6,16H2,1H3. The quantitative estimate of drug-likeness (QED) is 0.870. The van der Waals surface area contributed by atoms with Crippen LogP contribution in [0.15, 0.2) is 24.4 Å². The van der Waals surface area contributed by atoms with Crippen LogP contribution in [0.3, 0.4) is 0 Å². The first-order valence-corrected chi connectivity index (χ1v) is 5.95. The van der Waals surface area contributed by atoms with Crippen molar-refractivity contribution in [1.82, 2.24) is 9.78 Å². The number of ether oxygens (including phenoxy) is 1. The van der Waals surface area contributed by atoms with Gasteiger partial charge in [0, 0.05) is 11.8 Å². The number of nitrogens with two attached hydrogens (primary N) is 1. The normalized spacial score (nSPS) is 10.6. The van der Waals surface area contributed by atoms with Crippen LogP contribution in [0.5, 0.6) is 0 Å². The van der Waals surface area contributed by atoms with E-state index in [0.717, 1.165) is 6.07 Å². The van der Waals surface area contributed by atoms with Gasteiger partial charge in [0.05, 0.1) is 18.8 Å². The number of aromatic nitrogens is 2. The summed E-state index contributed by atoms with van der Waals surface area (Å²) in [5.41, 5.74) is 5.84. The third kappa shape index (κ3) is 2.76. The minimum atomic E-state index is -0.945. The maximum atomic E-state index is 13.5. The molecule has 0 bridgehead atoms. The summed E-state index contributed by atoms with van der Waals surface area (Å²) < 4.78 is 32.7. The molecule has 0 amide bonds. The molecule has 7 heteroatoms. The Morgan fingerprint density at radius 3 is 2.90 bits per heavy atom. The Labute approximate surface area is 114 Å². The van der Waals surface area contributed by atoms with Gasteiger partial charge in [0.15, 0.2) is 17.3 Å². The minimum Gasteiger partial charge on any atom is -0.461 e. The second kappa shape index (κ2) is 5.68. The fourth-order valence-corrected chi connectivity index (χ4v) is 1.72. The van der Waals surface area contributed by atoms with Crippen molar-refractivity contribution < 1.29 is 18.3 Å². The second-order valence-electron chi connectivity index (χ2n) is 4.06. The van der Waals surface area contributed by atoms with Crippen molar-refractivity contribution >= 4 is 11.7 Å². The van der Waals surface area contributed by atoms with Gasteiger partial charge >= 0.3 is 5.97 Å². The molecule has 0 unspecified atom stereocenters. The molecule has 0 aliphatic heterocycles. The zero-order valence-corrected chi connectivity index (χ0v) is 10.8. The predicted octanol–water partition coefficient (Wildman–Crippen LogP) is 1.97. The number of carbonyl (C=O) groups is 1. The van der Waals surface area contributed by atoms with Crippen LogP contribution in [0.4, 0.5) is 14.5 Å². The summed E-state index contributed by atoms with van der Waals surface area (Å²) in [4.78, 5) is 11.5. The van der Waals surface area contributed by atoms with E-state index in [-0.39, 0.29) is 30.1 Å². The summed E-state index contributed by atoms with van der Waals surface area (Å²) in [6.07, 6.45) is 1.37. The highest BCUT2D eigenvalue weighted by Crippen LogP contribution is 2.15. The number of nitrogens with zero attached hydrogens (tertiary/aromatic N) is 2. The zero-order chi connectivity index (χ0) is 14.7. The van der Waals surface area contributed by atoms with Crippen LogP contribution in [-0.2, 0) is 11.3 Å². The van der Waals surface area contributed by atoms with E-state index in [0.29, 0.717) is 0 Å². The third-order valence-corrected chi connectivity index (χ3v) is 2.62. The van der Waals surface area contributed by atoms with Gasteiger partial charge in [0.2, 0.25) is 0 Å². The lowest BCUT2D eigenvalue weighted by atomic mass is 10.2. The molecular weight excluding hydrogens is 268 g/mol. The van der Waals surface area contributed by atoms with Gasteiger partial charge in [-0.2, -0.15) is 5.10 Å². The molecule has 0 aliphatic rings. The topological polar surface area (TPSA) is 70.1 Å². The maximum Gasteiger partial charge on any atom is 0.361 e. The van der Waals surface area contributed by atoms with E-state index in [1.54, 1.807) is 6.92 Å². The number of esters is 1. The largest absolute Gasteiger partial charge is 0.461 e. The average Bonchev–Trinajstić information content (AvgIpc) is 2.76. The Balaban J connectivity index is 2.25. The van der Waals surface area contributed by atoms with E-state index in [1.165, 1.54) is 23.0 Å². The lowest BCUT2D eigenvalue weighted by Crippen LogP contribution is -2.09. The van der Waals surface area contributed by atoms with Gasteiger partial charge in [0.25, 0.3) is 0 Å². The maximum absolute atomic E-state index is 13.5. The molecule has 20 heavy (non-hydrogen) atoms. The molecule has 0 radical (unpaired) electrons. The number of nitrogen functional groups attached to an aromatic ring is 1. The molecule has 5 nitrogen and oxygen atoms in total. The number of halogens is 2. The summed E-state index contributed by atoms with van der Waals surface area (Å²) in [5.74, 6) is -2.53. The van der Waals surface area contributed by atoms with Crippen molar-refractivity contribution in [2.24, 2.45) is 0 Å². The van der Waals surface area contributed by atoms with E-state index < -0.39 is 17.6 Å². The van der Waals surface area contributed by atoms with Gasteiger partial charge in [-0.05, 0) is 13.0 Å². The van der Waals surface area contributed by atoms with E-state index in [9.17, 15) is 13.6 Å². The molecule has 0 saturated heterocycles. The van der Waals surface area contributed by atoms with E-state index >= 15 is 0 Å². The first-order valence-electron chi connectivity index (χ1n) is 5.95. The Bertz CT molecular complexity index is 641. The fraction of sp³-hybridized carbons (Fsp3) is 0.231. The van der Waals surface area contributed by atoms with Gasteiger partial charge in [0.1, 0.15) is 0 Å². The van der Waals surface area contributed by atoms with Gasteiger partial charge < -0.3 is 10.5 Å². The van der Waals surface area contributed by atoms with Crippen molar-refractivity contribution in [1.29, 1.82) is 0 Å². The summed E-state index contributed by atoms with van der Waals surface area (Å²) in [6.45, 7) is 1.82. The highest BCUT2D eigenvalue weighted by molar-refractivity contribution is 5.92. The Kier molecular flexibility index (Phi) is 3.97. The SMILES string of the molecule is CCOC(=O)c1nn(Cc2cccc(F)c2F)cc1N. The van der Waals surface area contributed by atoms with Crippen LogP contribution >= 0.6 is 0 Å². The highest BCUT2D eigenvalue weighted by Gasteiger charge is 2.17. The van der Waals surface area contributed by atoms with Crippen molar-refractivity contribution in [3.63, 3.8) is 0 Å². The molecule has 0 atom stereocenters. The minimum absolute atomic E-state index is 0.0345. The van der Waals surface area contributed by atoms with Crippen LogP contribution < -0.4 is 5.73 Å². The molecule has 106 valence electrons. The van der Waals surface area contributed by atoms with Crippen molar-refractivity contribution in [3.8, 4) is 0 Å². The molecule has 1 heterocycles. The van der Waals surface area contributed by atoms with Crippen LogP contribution in [0.2, 0.25) is 0 Å². The third-order valence-electron chi connectivity index (χ3n) is 2.62. The van der Waals surface area contributed by atoms with Gasteiger partial charge in [-0.3, -0.25) is 4.68 Å². The number of benzene rings is 1. The Hall–Kier alpha value is -2.44. The molecule has 1 aromatic carbocycles. The number of rotatable bonds is 4. The number of carbonyl (C=O) groups excluding carboxylic acids is 1. The van der Waals surface area contributed by atoms with Gasteiger partial charge in [-0.25, -0.2) is 13.6 Å². The zero-order valence-electron chi connectivity index (χ0n) is 10.8. The summed E-state index contributed by atoms with van der Waals surface area (Å²) in [6, 6.07) is 3.85. The number of hydrogen-bond acceptors (Lipinski definition) is 4. The Morgan fingerprint density at radius 2 is 2.20 bits per heavy atom. The average molecular weight is 281 g/mol. The number of hydrogen-bond donors (Lipinski definition) is 1. The molecular formula is C13H13F2N3O2. The van der Waals surface area contributed by atoms with Gasteiger partial charge in [-0.15, -0.1) is 0 Å². The van der Waals surface area contributed by atoms with E-state index in [2.05, 4.69) is 5.10 Å². The summed E-state index contributed by atoms with van der Waals surface area (Å²) >= 11 is 0. The van der Waals surface area contributed by atoms with Crippen molar-refractivity contribution in [2.45, 2.75) is 13.5 Å². The molecule has 0 fully saturated rings. The molecule has 0 spiro atoms. The fourth-order valence-electron chi connectivity index (χ4n) is 1.72. The highest BCUT2D eigenvalue weighted by atomic mass is 19.2. The van der Waals surface area contributed by atoms with Crippen molar-refractivity contribution in [3.05, 3.63) is 47.3 Å². The second-order valence-corrected chi connectivity index (χ2v) is 4.06. The summed E-state index contributed by atoms with van der Waals surface area (Å²) in [5, 5.41) is 3.92. The van der Waals surface area contributed by atoms with Crippen LogP contribution in [0.25, 0.3) is 0 Å². The van der Waals surface area contributed by atoms with Crippen LogP contribution in [0, 0.1) is 11.6 Å².